The van der Waals surface area contributed by atoms with E-state index in [1.807, 2.05) is 0 Å². The van der Waals surface area contributed by atoms with Gasteiger partial charge in [-0.15, -0.1) is 11.6 Å². The zero-order valence-electron chi connectivity index (χ0n) is 9.40. The summed E-state index contributed by atoms with van der Waals surface area (Å²) in [5.74, 6) is -1.37. The lowest BCUT2D eigenvalue weighted by Gasteiger charge is -2.12. The zero-order chi connectivity index (χ0) is 13.7. The molecule has 0 aliphatic carbocycles. The van der Waals surface area contributed by atoms with E-state index in [4.69, 9.17) is 16.7 Å². The van der Waals surface area contributed by atoms with Crippen molar-refractivity contribution in [1.29, 1.82) is 0 Å². The molecule has 1 atom stereocenters. The standard InChI is InChI=1S/C12H12BrClO4/c13-4-3-10(15)7-1-2-9(8(5-7)6-14)11(16)12(17)18/h1-2,5,11,16H,3-4,6H2,(H,17,18). The van der Waals surface area contributed by atoms with Gasteiger partial charge in [-0.2, -0.15) is 0 Å². The van der Waals surface area contributed by atoms with Crippen LogP contribution in [0.4, 0.5) is 0 Å². The minimum absolute atomic E-state index is 0.0368. The fourth-order valence-corrected chi connectivity index (χ4v) is 2.12. The van der Waals surface area contributed by atoms with Crippen molar-refractivity contribution in [2.45, 2.75) is 18.4 Å². The van der Waals surface area contributed by atoms with Crippen molar-refractivity contribution in [3.63, 3.8) is 0 Å². The maximum atomic E-state index is 11.7. The lowest BCUT2D eigenvalue weighted by atomic mass is 9.98. The number of rotatable bonds is 6. The van der Waals surface area contributed by atoms with Gasteiger partial charge in [0.15, 0.2) is 11.9 Å². The van der Waals surface area contributed by atoms with Gasteiger partial charge in [-0.05, 0) is 17.2 Å². The van der Waals surface area contributed by atoms with Crippen LogP contribution in [-0.4, -0.2) is 27.3 Å². The van der Waals surface area contributed by atoms with E-state index in [-0.39, 0.29) is 17.2 Å². The second-order valence-corrected chi connectivity index (χ2v) is 4.71. The lowest BCUT2D eigenvalue weighted by Crippen LogP contribution is -2.13. The van der Waals surface area contributed by atoms with Crippen LogP contribution in [0.1, 0.15) is 34.0 Å². The van der Waals surface area contributed by atoms with Gasteiger partial charge < -0.3 is 10.2 Å². The van der Waals surface area contributed by atoms with Crippen LogP contribution >= 0.6 is 27.5 Å². The monoisotopic (exact) mass is 334 g/mol. The van der Waals surface area contributed by atoms with Gasteiger partial charge in [0.05, 0.1) is 0 Å². The fourth-order valence-electron chi connectivity index (χ4n) is 1.52. The number of aliphatic hydroxyl groups excluding tert-OH is 1. The Morgan fingerprint density at radius 2 is 2.06 bits per heavy atom. The van der Waals surface area contributed by atoms with Crippen LogP contribution < -0.4 is 0 Å². The first-order valence-electron chi connectivity index (χ1n) is 5.20. The first-order chi connectivity index (χ1) is 8.51. The number of aliphatic hydroxyl groups is 1. The zero-order valence-corrected chi connectivity index (χ0v) is 11.7. The highest BCUT2D eigenvalue weighted by Gasteiger charge is 2.20. The van der Waals surface area contributed by atoms with Crippen LogP contribution in [0.25, 0.3) is 0 Å². The van der Waals surface area contributed by atoms with E-state index in [1.54, 1.807) is 0 Å². The average Bonchev–Trinajstić information content (AvgIpc) is 2.37. The molecule has 1 aromatic rings. The summed E-state index contributed by atoms with van der Waals surface area (Å²) in [6, 6.07) is 4.46. The first kappa shape index (κ1) is 15.1. The third-order valence-corrected chi connectivity index (χ3v) is 3.14. The number of alkyl halides is 2. The van der Waals surface area contributed by atoms with E-state index in [2.05, 4.69) is 15.9 Å². The summed E-state index contributed by atoms with van der Waals surface area (Å²) in [4.78, 5) is 22.4. The summed E-state index contributed by atoms with van der Waals surface area (Å²) < 4.78 is 0. The summed E-state index contributed by atoms with van der Waals surface area (Å²) in [7, 11) is 0. The Labute approximate surface area is 118 Å². The highest BCUT2D eigenvalue weighted by molar-refractivity contribution is 9.09. The number of benzene rings is 1. The predicted molar refractivity (Wildman–Crippen MR) is 71.3 cm³/mol. The van der Waals surface area contributed by atoms with E-state index in [0.29, 0.717) is 22.9 Å². The Bertz CT molecular complexity index is 461. The fraction of sp³-hybridized carbons (Fsp3) is 0.333. The lowest BCUT2D eigenvalue weighted by molar-refractivity contribution is -0.147. The summed E-state index contributed by atoms with van der Waals surface area (Å²) in [6.45, 7) is 0. The molecule has 6 heteroatoms. The number of carbonyl (C=O) groups excluding carboxylic acids is 1. The minimum Gasteiger partial charge on any atom is -0.479 e. The van der Waals surface area contributed by atoms with Crippen molar-refractivity contribution < 1.29 is 19.8 Å². The normalized spacial score (nSPS) is 12.2. The summed E-state index contributed by atoms with van der Waals surface area (Å²) in [6.07, 6.45) is -1.28. The van der Waals surface area contributed by atoms with Gasteiger partial charge in [-0.3, -0.25) is 4.79 Å². The second kappa shape index (κ2) is 6.87. The average molecular weight is 336 g/mol. The SMILES string of the molecule is O=C(CCBr)c1ccc(C(O)C(=O)O)c(CCl)c1. The van der Waals surface area contributed by atoms with Gasteiger partial charge in [0.1, 0.15) is 0 Å². The summed E-state index contributed by atoms with van der Waals surface area (Å²) >= 11 is 8.88. The van der Waals surface area contributed by atoms with Crippen LogP contribution in [0.3, 0.4) is 0 Å². The molecule has 2 N–H and O–H groups in total. The molecule has 0 bridgehead atoms. The van der Waals surface area contributed by atoms with Crippen LogP contribution in [-0.2, 0) is 10.7 Å². The summed E-state index contributed by atoms with van der Waals surface area (Å²) in [5.41, 5.74) is 1.13. The predicted octanol–water partition coefficient (Wildman–Crippen LogP) is 2.51. The van der Waals surface area contributed by atoms with E-state index < -0.39 is 12.1 Å². The molecule has 0 radical (unpaired) electrons. The Morgan fingerprint density at radius 3 is 2.56 bits per heavy atom. The molecule has 0 aromatic heterocycles. The van der Waals surface area contributed by atoms with Crippen LogP contribution in [0.15, 0.2) is 18.2 Å². The van der Waals surface area contributed by atoms with Crippen molar-refractivity contribution in [3.8, 4) is 0 Å². The number of carboxylic acids is 1. The molecule has 0 heterocycles. The number of carboxylic acid groups (broad SMARTS) is 1. The minimum atomic E-state index is -1.63. The number of carbonyl (C=O) groups is 2. The van der Waals surface area contributed by atoms with Crippen molar-refractivity contribution in [2.75, 3.05) is 5.33 Å². The van der Waals surface area contributed by atoms with E-state index in [1.165, 1.54) is 18.2 Å². The third-order valence-electron chi connectivity index (χ3n) is 2.46. The van der Waals surface area contributed by atoms with Crippen molar-refractivity contribution in [1.82, 2.24) is 0 Å². The van der Waals surface area contributed by atoms with Gasteiger partial charge in [-0.25, -0.2) is 4.79 Å². The van der Waals surface area contributed by atoms with E-state index >= 15 is 0 Å². The molecule has 0 aliphatic rings. The van der Waals surface area contributed by atoms with Crippen molar-refractivity contribution in [2.24, 2.45) is 0 Å². The molecule has 4 nitrogen and oxygen atoms in total. The molecule has 0 fully saturated rings. The van der Waals surface area contributed by atoms with Crippen LogP contribution in [0, 0.1) is 0 Å². The number of ketones is 1. The smallest absolute Gasteiger partial charge is 0.337 e. The maximum absolute atomic E-state index is 11.7. The Kier molecular flexibility index (Phi) is 5.78. The maximum Gasteiger partial charge on any atom is 0.337 e. The Hall–Kier alpha value is -0.910. The topological polar surface area (TPSA) is 74.6 Å². The molecule has 0 aliphatic heterocycles. The Balaban J connectivity index is 3.11. The molecule has 18 heavy (non-hydrogen) atoms. The molecule has 0 saturated carbocycles. The Morgan fingerprint density at radius 1 is 1.39 bits per heavy atom. The molecule has 1 unspecified atom stereocenters. The number of hydrogen-bond donors (Lipinski definition) is 2. The number of halogens is 2. The molecular formula is C12H12BrClO4. The molecule has 1 rings (SSSR count). The van der Waals surface area contributed by atoms with Gasteiger partial charge in [-0.1, -0.05) is 28.1 Å². The number of aliphatic carboxylic acids is 1. The van der Waals surface area contributed by atoms with Crippen molar-refractivity contribution in [3.05, 3.63) is 34.9 Å². The largest absolute Gasteiger partial charge is 0.479 e. The highest BCUT2D eigenvalue weighted by Crippen LogP contribution is 2.22. The van der Waals surface area contributed by atoms with Crippen LogP contribution in [0.2, 0.25) is 0 Å². The quantitative estimate of drug-likeness (QED) is 0.619. The number of Topliss-reactive ketones (excluding diaryl/α,β-unsaturated/α-hetero) is 1. The molecule has 98 valence electrons. The highest BCUT2D eigenvalue weighted by atomic mass is 79.9. The van der Waals surface area contributed by atoms with Gasteiger partial charge >= 0.3 is 5.97 Å². The molecule has 0 saturated heterocycles. The molecule has 0 spiro atoms. The van der Waals surface area contributed by atoms with Crippen LogP contribution in [0.5, 0.6) is 0 Å². The van der Waals surface area contributed by atoms with Gasteiger partial charge in [0, 0.05) is 23.2 Å². The van der Waals surface area contributed by atoms with E-state index in [0.717, 1.165) is 0 Å². The van der Waals surface area contributed by atoms with Gasteiger partial charge in [0.25, 0.3) is 0 Å². The summed E-state index contributed by atoms with van der Waals surface area (Å²) in [5, 5.41) is 18.8. The van der Waals surface area contributed by atoms with Crippen molar-refractivity contribution >= 4 is 39.3 Å². The second-order valence-electron chi connectivity index (χ2n) is 3.65. The number of hydrogen-bond acceptors (Lipinski definition) is 3. The third kappa shape index (κ3) is 3.54. The van der Waals surface area contributed by atoms with E-state index in [9.17, 15) is 14.7 Å². The van der Waals surface area contributed by atoms with Gasteiger partial charge in [0.2, 0.25) is 0 Å². The molecular weight excluding hydrogens is 323 g/mol. The molecule has 1 aromatic carbocycles. The first-order valence-corrected chi connectivity index (χ1v) is 6.85. The molecule has 0 amide bonds.